The third-order valence-corrected chi connectivity index (χ3v) is 4.82. The van der Waals surface area contributed by atoms with Crippen molar-refractivity contribution in [3.63, 3.8) is 0 Å². The van der Waals surface area contributed by atoms with E-state index in [1.165, 1.54) is 0 Å². The first-order chi connectivity index (χ1) is 10.4. The summed E-state index contributed by atoms with van der Waals surface area (Å²) in [4.78, 5) is 6.66. The van der Waals surface area contributed by atoms with E-state index in [0.717, 1.165) is 24.1 Å². The predicted molar refractivity (Wildman–Crippen MR) is 97.2 cm³/mol. The smallest absolute Gasteiger partial charge is 0.320 e. The van der Waals surface area contributed by atoms with Gasteiger partial charge in [-0.05, 0) is 44.0 Å². The number of aromatic nitrogens is 2. The number of nitrogens with zero attached hydrogens (tertiary/aromatic N) is 3. The number of hydrogen-bond donors (Lipinski definition) is 1. The van der Waals surface area contributed by atoms with Gasteiger partial charge in [-0.1, -0.05) is 19.1 Å². The van der Waals surface area contributed by atoms with Crippen molar-refractivity contribution in [2.75, 3.05) is 19.6 Å². The summed E-state index contributed by atoms with van der Waals surface area (Å²) in [6, 6.07) is 6.89. The summed E-state index contributed by atoms with van der Waals surface area (Å²) in [6.07, 6.45) is 0.989. The van der Waals surface area contributed by atoms with Crippen LogP contribution in [0.15, 0.2) is 24.3 Å². The van der Waals surface area contributed by atoms with Gasteiger partial charge in [-0.25, -0.2) is 4.98 Å². The lowest BCUT2D eigenvalue weighted by Crippen LogP contribution is -2.33. The number of hydrogen-bond acceptors (Lipinski definition) is 3. The minimum Gasteiger partial charge on any atom is -0.330 e. The van der Waals surface area contributed by atoms with Crippen LogP contribution in [-0.4, -0.2) is 34.1 Å². The van der Waals surface area contributed by atoms with Crippen molar-refractivity contribution in [2.24, 2.45) is 11.1 Å². The van der Waals surface area contributed by atoms with Gasteiger partial charge in [0.2, 0.25) is 0 Å². The van der Waals surface area contributed by atoms with Gasteiger partial charge in [0.1, 0.15) is 5.82 Å². The van der Waals surface area contributed by atoms with Crippen molar-refractivity contribution in [1.82, 2.24) is 14.5 Å². The molecule has 2 unspecified atom stereocenters. The first kappa shape index (κ1) is 21.1. The average Bonchev–Trinajstić information content (AvgIpc) is 3.08. The number of imidazole rings is 1. The van der Waals surface area contributed by atoms with Crippen LogP contribution in [-0.2, 0) is 0 Å². The monoisotopic (exact) mass is 380 g/mol. The molecule has 2 heterocycles. The fourth-order valence-electron chi connectivity index (χ4n) is 3.29. The largest absolute Gasteiger partial charge is 0.330 e. The Hall–Kier alpha value is -0.950. The Bertz CT molecular complexity index is 679. The van der Waals surface area contributed by atoms with Gasteiger partial charge in [0.25, 0.3) is 0 Å². The van der Waals surface area contributed by atoms with E-state index in [9.17, 15) is 8.78 Å². The molecule has 2 aromatic rings. The van der Waals surface area contributed by atoms with Gasteiger partial charge >= 0.3 is 6.55 Å². The highest BCUT2D eigenvalue weighted by Gasteiger charge is 2.36. The lowest BCUT2D eigenvalue weighted by molar-refractivity contribution is 0.0654. The fraction of sp³-hybridized carbons (Fsp3) is 0.562. The lowest BCUT2D eigenvalue weighted by atomic mass is 9.90. The summed E-state index contributed by atoms with van der Waals surface area (Å²) in [5.74, 6) is 0.428. The van der Waals surface area contributed by atoms with Crippen molar-refractivity contribution in [3.8, 4) is 0 Å². The Balaban J connectivity index is 0.00000144. The number of nitrogens with two attached hydrogens (primary N) is 1. The molecule has 0 aliphatic carbocycles. The van der Waals surface area contributed by atoms with Gasteiger partial charge in [-0.15, -0.1) is 24.8 Å². The van der Waals surface area contributed by atoms with Crippen LogP contribution in [0.5, 0.6) is 0 Å². The van der Waals surface area contributed by atoms with Gasteiger partial charge < -0.3 is 5.73 Å². The molecule has 0 saturated carbocycles. The first-order valence-corrected chi connectivity index (χ1v) is 7.64. The van der Waals surface area contributed by atoms with Crippen LogP contribution in [0.1, 0.15) is 38.7 Å². The second-order valence-corrected chi connectivity index (χ2v) is 6.52. The number of halogens is 4. The summed E-state index contributed by atoms with van der Waals surface area (Å²) < 4.78 is 28.1. The molecule has 2 atom stereocenters. The molecule has 1 aliphatic rings. The maximum absolute atomic E-state index is 13.5. The minimum atomic E-state index is -2.59. The molecule has 1 aromatic heterocycles. The molecule has 3 rings (SSSR count). The number of para-hydroxylation sites is 2. The zero-order valence-electron chi connectivity index (χ0n) is 13.8. The quantitative estimate of drug-likeness (QED) is 0.871. The van der Waals surface area contributed by atoms with Crippen molar-refractivity contribution in [3.05, 3.63) is 30.1 Å². The third-order valence-electron chi connectivity index (χ3n) is 4.82. The van der Waals surface area contributed by atoms with E-state index >= 15 is 0 Å². The fourth-order valence-corrected chi connectivity index (χ4v) is 3.29. The first-order valence-electron chi connectivity index (χ1n) is 7.64. The van der Waals surface area contributed by atoms with Crippen molar-refractivity contribution in [1.29, 1.82) is 0 Å². The Morgan fingerprint density at radius 3 is 2.54 bits per heavy atom. The van der Waals surface area contributed by atoms with Crippen LogP contribution < -0.4 is 5.73 Å². The molecule has 0 spiro atoms. The summed E-state index contributed by atoms with van der Waals surface area (Å²) in [7, 11) is 0. The van der Waals surface area contributed by atoms with Gasteiger partial charge in [0.15, 0.2) is 0 Å². The van der Waals surface area contributed by atoms with Gasteiger partial charge in [-0.3, -0.25) is 9.47 Å². The molecule has 1 fully saturated rings. The van der Waals surface area contributed by atoms with E-state index in [4.69, 9.17) is 5.73 Å². The third kappa shape index (κ3) is 3.67. The van der Waals surface area contributed by atoms with E-state index in [2.05, 4.69) is 16.8 Å². The Labute approximate surface area is 153 Å². The molecular weight excluding hydrogens is 357 g/mol. The van der Waals surface area contributed by atoms with Crippen molar-refractivity contribution in [2.45, 2.75) is 32.9 Å². The molecule has 1 saturated heterocycles. The maximum atomic E-state index is 13.5. The van der Waals surface area contributed by atoms with Crippen molar-refractivity contribution < 1.29 is 8.78 Å². The molecule has 0 amide bonds. The van der Waals surface area contributed by atoms with E-state index in [0.29, 0.717) is 23.4 Å². The normalized spacial score (nSPS) is 22.4. The Kier molecular flexibility index (Phi) is 6.99. The predicted octanol–water partition coefficient (Wildman–Crippen LogP) is 4.01. The average molecular weight is 381 g/mol. The number of alkyl halides is 2. The maximum Gasteiger partial charge on any atom is 0.320 e. The molecule has 136 valence electrons. The Morgan fingerprint density at radius 1 is 1.29 bits per heavy atom. The topological polar surface area (TPSA) is 47.1 Å². The summed E-state index contributed by atoms with van der Waals surface area (Å²) in [5, 5.41) is 0. The number of fused-ring (bicyclic) bond motifs is 1. The highest BCUT2D eigenvalue weighted by Crippen LogP contribution is 2.36. The van der Waals surface area contributed by atoms with Gasteiger partial charge in [0.05, 0.1) is 17.1 Å². The van der Waals surface area contributed by atoms with Crippen LogP contribution in [0.4, 0.5) is 8.78 Å². The minimum absolute atomic E-state index is 0. The molecule has 2 N–H and O–H groups in total. The van der Waals surface area contributed by atoms with Crippen LogP contribution in [0, 0.1) is 5.41 Å². The van der Waals surface area contributed by atoms with E-state index in [-0.39, 0.29) is 36.3 Å². The van der Waals surface area contributed by atoms with Crippen LogP contribution in [0.2, 0.25) is 0 Å². The van der Waals surface area contributed by atoms with Gasteiger partial charge in [0, 0.05) is 6.54 Å². The second-order valence-electron chi connectivity index (χ2n) is 6.52. The number of rotatable bonds is 4. The van der Waals surface area contributed by atoms with Gasteiger partial charge in [-0.2, -0.15) is 8.78 Å². The SMILES string of the molecule is CC(c1nc2ccccc2n1C(F)F)N1CCC(C)(CN)C1.Cl.Cl. The summed E-state index contributed by atoms with van der Waals surface area (Å²) >= 11 is 0. The lowest BCUT2D eigenvalue weighted by Gasteiger charge is -2.27. The van der Waals surface area contributed by atoms with E-state index < -0.39 is 6.55 Å². The zero-order chi connectivity index (χ0) is 15.9. The highest BCUT2D eigenvalue weighted by molar-refractivity contribution is 5.85. The van der Waals surface area contributed by atoms with Crippen LogP contribution >= 0.6 is 24.8 Å². The second kappa shape index (κ2) is 7.95. The van der Waals surface area contributed by atoms with E-state index in [1.54, 1.807) is 18.2 Å². The molecule has 1 aromatic carbocycles. The molecule has 0 radical (unpaired) electrons. The molecule has 8 heteroatoms. The van der Waals surface area contributed by atoms with Crippen LogP contribution in [0.25, 0.3) is 11.0 Å². The molecular formula is C16H24Cl2F2N4. The van der Waals surface area contributed by atoms with E-state index in [1.807, 2.05) is 13.0 Å². The summed E-state index contributed by atoms with van der Waals surface area (Å²) in [5.41, 5.74) is 7.01. The van der Waals surface area contributed by atoms with Crippen molar-refractivity contribution >= 4 is 35.8 Å². The molecule has 1 aliphatic heterocycles. The zero-order valence-corrected chi connectivity index (χ0v) is 15.4. The molecule has 0 bridgehead atoms. The highest BCUT2D eigenvalue weighted by atomic mass is 35.5. The van der Waals surface area contributed by atoms with Crippen LogP contribution in [0.3, 0.4) is 0 Å². The molecule has 4 nitrogen and oxygen atoms in total. The summed E-state index contributed by atoms with van der Waals surface area (Å²) in [6.45, 7) is 3.80. The standard InChI is InChI=1S/C16H22F2N4.2ClH/c1-11(21-8-7-16(2,9-19)10-21)14-20-12-5-3-4-6-13(12)22(14)15(17)18;;/h3-6,11,15H,7-10,19H2,1-2H3;2*1H. The number of likely N-dealkylation sites (tertiary alicyclic amines) is 1. The Morgan fingerprint density at radius 2 is 1.96 bits per heavy atom. The molecule has 24 heavy (non-hydrogen) atoms. The number of benzene rings is 1.